The Balaban J connectivity index is 0.977. The number of pyridine rings is 1. The molecule has 3 fully saturated rings. The summed E-state index contributed by atoms with van der Waals surface area (Å²) < 4.78 is 11.6. The minimum absolute atomic E-state index is 0.0974. The molecule has 0 bridgehead atoms. The average molecular weight is 608 g/mol. The molecule has 2 amide bonds. The maximum atomic E-state index is 13.2. The molecular formula is C33H42ClN5O4. The van der Waals surface area contributed by atoms with Crippen molar-refractivity contribution in [1.29, 1.82) is 0 Å². The van der Waals surface area contributed by atoms with Gasteiger partial charge in [0.2, 0.25) is 5.91 Å². The largest absolute Gasteiger partial charge is 0.444 e. The molecule has 1 N–H and O–H groups in total. The van der Waals surface area contributed by atoms with Crippen LogP contribution in [0.4, 0.5) is 10.5 Å². The number of likely N-dealkylation sites (tertiary alicyclic amines) is 1. The number of aromatic nitrogens is 2. The number of halogens is 1. The van der Waals surface area contributed by atoms with E-state index in [0.717, 1.165) is 65.2 Å². The van der Waals surface area contributed by atoms with Crippen LogP contribution in [0.15, 0.2) is 36.7 Å². The van der Waals surface area contributed by atoms with Crippen LogP contribution in [0.3, 0.4) is 0 Å². The Kier molecular flexibility index (Phi) is 8.67. The molecule has 0 unspecified atom stereocenters. The summed E-state index contributed by atoms with van der Waals surface area (Å²) in [5.74, 6) is 0.666. The van der Waals surface area contributed by atoms with Gasteiger partial charge >= 0.3 is 6.09 Å². The summed E-state index contributed by atoms with van der Waals surface area (Å²) in [6.45, 7) is 10.3. The van der Waals surface area contributed by atoms with Gasteiger partial charge in [0.25, 0.3) is 0 Å². The lowest BCUT2D eigenvalue weighted by Gasteiger charge is -2.35. The van der Waals surface area contributed by atoms with Gasteiger partial charge in [-0.05, 0) is 82.1 Å². The van der Waals surface area contributed by atoms with Crippen LogP contribution in [-0.4, -0.2) is 89.3 Å². The zero-order valence-corrected chi connectivity index (χ0v) is 26.2. The van der Waals surface area contributed by atoms with Crippen molar-refractivity contribution in [1.82, 2.24) is 19.8 Å². The van der Waals surface area contributed by atoms with Gasteiger partial charge in [0.05, 0.1) is 17.7 Å². The highest BCUT2D eigenvalue weighted by molar-refractivity contribution is 6.38. The van der Waals surface area contributed by atoms with Crippen LogP contribution in [0.1, 0.15) is 64.4 Å². The topological polar surface area (TPSA) is 91.0 Å². The summed E-state index contributed by atoms with van der Waals surface area (Å²) >= 11 is 6.95. The van der Waals surface area contributed by atoms with Crippen molar-refractivity contribution < 1.29 is 19.1 Å². The van der Waals surface area contributed by atoms with Crippen molar-refractivity contribution in [2.24, 2.45) is 0 Å². The lowest BCUT2D eigenvalue weighted by Crippen LogP contribution is -2.50. The number of nitrogens with zero attached hydrogens (tertiary/aromatic N) is 4. The number of piperazine rings is 1. The van der Waals surface area contributed by atoms with Crippen molar-refractivity contribution >= 4 is 40.3 Å². The molecule has 2 aliphatic heterocycles. The molecule has 0 spiro atoms. The molecule has 3 aromatic rings. The third-order valence-electron chi connectivity index (χ3n) is 8.52. The smallest absolute Gasteiger partial charge is 0.410 e. The number of piperidine rings is 1. The molecule has 6 rings (SSSR count). The summed E-state index contributed by atoms with van der Waals surface area (Å²) in [7, 11) is 0. The van der Waals surface area contributed by atoms with Gasteiger partial charge in [-0.3, -0.25) is 9.69 Å². The van der Waals surface area contributed by atoms with Gasteiger partial charge < -0.3 is 24.3 Å². The molecule has 2 saturated heterocycles. The van der Waals surface area contributed by atoms with Gasteiger partial charge in [-0.15, -0.1) is 0 Å². The second kappa shape index (κ2) is 12.5. The number of benzene rings is 1. The van der Waals surface area contributed by atoms with Gasteiger partial charge in [-0.25, -0.2) is 9.78 Å². The van der Waals surface area contributed by atoms with Crippen LogP contribution in [0.25, 0.3) is 22.2 Å². The fourth-order valence-electron chi connectivity index (χ4n) is 6.09. The molecular weight excluding hydrogens is 566 g/mol. The third-order valence-corrected chi connectivity index (χ3v) is 8.91. The number of carbonyl (C=O) groups is 2. The molecule has 43 heavy (non-hydrogen) atoms. The van der Waals surface area contributed by atoms with E-state index in [-0.39, 0.29) is 18.1 Å². The molecule has 1 aromatic carbocycles. The van der Waals surface area contributed by atoms with Crippen molar-refractivity contribution in [3.8, 4) is 11.1 Å². The van der Waals surface area contributed by atoms with Crippen molar-refractivity contribution in [2.45, 2.75) is 70.5 Å². The number of H-pyrrole nitrogens is 1. The normalized spacial score (nSPS) is 18.9. The number of amides is 2. The van der Waals surface area contributed by atoms with E-state index in [2.05, 4.69) is 14.9 Å². The van der Waals surface area contributed by atoms with Gasteiger partial charge in [0.15, 0.2) is 0 Å². The van der Waals surface area contributed by atoms with E-state index in [0.29, 0.717) is 38.7 Å². The first-order valence-corrected chi connectivity index (χ1v) is 15.9. The van der Waals surface area contributed by atoms with Crippen molar-refractivity contribution in [2.75, 3.05) is 50.8 Å². The Bertz CT molecular complexity index is 1470. The molecule has 0 atom stereocenters. The molecule has 4 heterocycles. The number of hydrogen-bond acceptors (Lipinski definition) is 6. The number of ether oxygens (including phenoxy) is 2. The quantitative estimate of drug-likeness (QED) is 0.306. The van der Waals surface area contributed by atoms with Crippen LogP contribution in [0.5, 0.6) is 0 Å². The van der Waals surface area contributed by atoms with Crippen LogP contribution >= 0.6 is 11.6 Å². The summed E-state index contributed by atoms with van der Waals surface area (Å²) in [4.78, 5) is 39.2. The minimum atomic E-state index is -0.481. The Morgan fingerprint density at radius 2 is 1.91 bits per heavy atom. The molecule has 1 aliphatic carbocycles. The number of aromatic amines is 1. The second-order valence-electron chi connectivity index (χ2n) is 13.0. The highest BCUT2D eigenvalue weighted by atomic mass is 35.5. The highest BCUT2D eigenvalue weighted by Gasteiger charge is 2.30. The molecule has 10 heteroatoms. The fraction of sp³-hybridized carbons (Fsp3) is 0.545. The minimum Gasteiger partial charge on any atom is -0.444 e. The summed E-state index contributed by atoms with van der Waals surface area (Å²) in [6, 6.07) is 8.06. The number of nitrogens with one attached hydrogen (secondary N) is 1. The second-order valence-corrected chi connectivity index (χ2v) is 13.4. The zero-order chi connectivity index (χ0) is 30.1. The van der Waals surface area contributed by atoms with Crippen molar-refractivity contribution in [3.63, 3.8) is 0 Å². The Hall–Kier alpha value is -3.14. The fourth-order valence-corrected chi connectivity index (χ4v) is 6.45. The third kappa shape index (κ3) is 7.00. The lowest BCUT2D eigenvalue weighted by molar-refractivity contribution is -0.121. The number of hydrogen-bond donors (Lipinski definition) is 1. The number of rotatable bonds is 8. The molecule has 1 saturated carbocycles. The summed E-state index contributed by atoms with van der Waals surface area (Å²) in [5.41, 5.74) is 4.34. The molecule has 9 nitrogen and oxygen atoms in total. The number of fused-ring (bicyclic) bond motifs is 1. The predicted octanol–water partition coefficient (Wildman–Crippen LogP) is 6.22. The molecule has 2 aromatic heterocycles. The summed E-state index contributed by atoms with van der Waals surface area (Å²) in [6.07, 6.45) is 8.67. The lowest BCUT2D eigenvalue weighted by atomic mass is 10.0. The average Bonchev–Trinajstić information content (AvgIpc) is 3.73. The SMILES string of the molecule is CC(C)(C)OC(=O)N1CCC(OCCCN2CCN(c3cccc(-c4cnc5[nH]cc(C6CC6)c5c4Cl)c3)C(=O)C2)CC1. The zero-order valence-electron chi connectivity index (χ0n) is 25.4. The van der Waals surface area contributed by atoms with Gasteiger partial charge in [0, 0.05) is 68.4 Å². The first-order valence-electron chi connectivity index (χ1n) is 15.5. The van der Waals surface area contributed by atoms with Crippen LogP contribution < -0.4 is 4.90 Å². The van der Waals surface area contributed by atoms with E-state index >= 15 is 0 Å². The molecule has 3 aliphatic rings. The van der Waals surface area contributed by atoms with Gasteiger partial charge in [0.1, 0.15) is 11.2 Å². The maximum absolute atomic E-state index is 13.2. The van der Waals surface area contributed by atoms with E-state index in [1.807, 2.05) is 62.3 Å². The van der Waals surface area contributed by atoms with Gasteiger partial charge in [-0.2, -0.15) is 0 Å². The van der Waals surface area contributed by atoms with Crippen LogP contribution in [-0.2, 0) is 14.3 Å². The van der Waals surface area contributed by atoms with Crippen molar-refractivity contribution in [3.05, 3.63) is 47.2 Å². The van der Waals surface area contributed by atoms with Crippen LogP contribution in [0, 0.1) is 0 Å². The van der Waals surface area contributed by atoms with Crippen LogP contribution in [0.2, 0.25) is 5.02 Å². The predicted molar refractivity (Wildman–Crippen MR) is 169 cm³/mol. The molecule has 0 radical (unpaired) electrons. The standard InChI is InChI=1S/C33H42ClN5O4/c1-33(2,3)43-32(41)38-13-10-25(11-14-38)42-17-5-12-37-15-16-39(28(40)21-37)24-7-4-6-23(18-24)27-20-36-31-29(30(27)34)26(19-35-31)22-8-9-22/h4,6-7,18-20,22,25H,5,8-17,21H2,1-3H3,(H,35,36). The van der Waals surface area contributed by atoms with E-state index in [1.165, 1.54) is 18.4 Å². The first-order chi connectivity index (χ1) is 20.7. The van der Waals surface area contributed by atoms with E-state index in [9.17, 15) is 9.59 Å². The van der Waals surface area contributed by atoms with E-state index in [1.54, 1.807) is 4.90 Å². The number of anilines is 1. The first kappa shape index (κ1) is 29.9. The number of carbonyl (C=O) groups excluding carboxylic acids is 2. The monoisotopic (exact) mass is 607 g/mol. The Morgan fingerprint density at radius 3 is 2.63 bits per heavy atom. The van der Waals surface area contributed by atoms with Gasteiger partial charge in [-0.1, -0.05) is 23.7 Å². The van der Waals surface area contributed by atoms with E-state index in [4.69, 9.17) is 21.1 Å². The maximum Gasteiger partial charge on any atom is 0.410 e. The Morgan fingerprint density at radius 1 is 1.12 bits per heavy atom. The summed E-state index contributed by atoms with van der Waals surface area (Å²) in [5, 5.41) is 1.74. The Labute approximate surface area is 258 Å². The van der Waals surface area contributed by atoms with E-state index < -0.39 is 5.60 Å². The molecule has 230 valence electrons. The highest BCUT2D eigenvalue weighted by Crippen LogP contribution is 2.46.